The zero-order valence-electron chi connectivity index (χ0n) is 40.1. The van der Waals surface area contributed by atoms with Crippen LogP contribution >= 0.6 is 31.9 Å². The molecule has 344 valence electrons. The number of halogens is 2. The molecular formula is C57H78Br2O4. The largest absolute Gasteiger partial charge is 0.489 e. The molecule has 2 aliphatic carbocycles. The van der Waals surface area contributed by atoms with Crippen LogP contribution in [0, 0.1) is 23.7 Å². The van der Waals surface area contributed by atoms with Crippen LogP contribution in [0.25, 0.3) is 22.3 Å². The minimum atomic E-state index is -0.630. The molecule has 0 bridgehead atoms. The minimum absolute atomic E-state index is 0.484. The maximum absolute atomic E-state index is 7.06. The standard InChI is InChI=1S/C57H78Br2O4/c1-9-17-21-39(13-5)35-60-53-31-47-48-32-54(61-36-40(14-6)22-18-10-2)56(63-38-42(16-8)24-20-12-4)34-52(48)57(51(47)33-55(53)62-37-41(15-7)23-19-11-3)49-29-43(58)25-27-45(49)46-28-26-44(59)30-50(46)57/h25-34,39-42H,9-24,35-38H2,1-8H3. The molecule has 4 unspecified atom stereocenters. The SMILES string of the molecule is CCCCC(CC)COc1cc2c(cc1OCC(CC)CCCC)C1(c3cc(Br)ccc3-c3ccc(Br)cc31)c1cc(OCC(CC)CCCC)c(OCC(CC)CCCC)cc1-2. The van der Waals surface area contributed by atoms with Gasteiger partial charge in [-0.05, 0) is 142 Å². The van der Waals surface area contributed by atoms with Gasteiger partial charge in [0.25, 0.3) is 0 Å². The van der Waals surface area contributed by atoms with Crippen LogP contribution in [0.2, 0.25) is 0 Å². The molecule has 4 aromatic carbocycles. The van der Waals surface area contributed by atoms with E-state index in [9.17, 15) is 0 Å². The molecule has 0 radical (unpaired) electrons. The monoisotopic (exact) mass is 984 g/mol. The molecule has 6 rings (SSSR count). The van der Waals surface area contributed by atoms with Gasteiger partial charge < -0.3 is 18.9 Å². The highest BCUT2D eigenvalue weighted by Crippen LogP contribution is 2.65. The first kappa shape index (κ1) is 49.5. The maximum atomic E-state index is 7.06. The second-order valence-electron chi connectivity index (χ2n) is 18.7. The molecule has 1 spiro atoms. The third-order valence-corrected chi connectivity index (χ3v) is 15.4. The Bertz CT molecular complexity index is 1930. The van der Waals surface area contributed by atoms with Crippen LogP contribution in [-0.2, 0) is 5.41 Å². The van der Waals surface area contributed by atoms with Crippen molar-refractivity contribution in [2.24, 2.45) is 23.7 Å². The summed E-state index contributed by atoms with van der Waals surface area (Å²) in [6, 6.07) is 23.0. The van der Waals surface area contributed by atoms with Crippen LogP contribution in [0.5, 0.6) is 23.0 Å². The fourth-order valence-corrected chi connectivity index (χ4v) is 10.8. The van der Waals surface area contributed by atoms with Gasteiger partial charge in [0.1, 0.15) is 0 Å². The highest BCUT2D eigenvalue weighted by atomic mass is 79.9. The third kappa shape index (κ3) is 11.2. The number of rotatable bonds is 28. The Morgan fingerprint density at radius 3 is 0.952 bits per heavy atom. The van der Waals surface area contributed by atoms with Gasteiger partial charge in [0.2, 0.25) is 0 Å². The van der Waals surface area contributed by atoms with Crippen molar-refractivity contribution in [3.63, 3.8) is 0 Å². The Labute approximate surface area is 399 Å². The fraction of sp³-hybridized carbons (Fsp3) is 0.579. The molecule has 0 saturated carbocycles. The summed E-state index contributed by atoms with van der Waals surface area (Å²) in [7, 11) is 0. The van der Waals surface area contributed by atoms with Crippen LogP contribution in [0.1, 0.15) is 180 Å². The molecule has 0 aromatic heterocycles. The molecule has 0 fully saturated rings. The molecule has 6 heteroatoms. The quantitative estimate of drug-likeness (QED) is 0.0491. The second-order valence-corrected chi connectivity index (χ2v) is 20.6. The van der Waals surface area contributed by atoms with Crippen molar-refractivity contribution in [1.29, 1.82) is 0 Å². The van der Waals surface area contributed by atoms with Crippen LogP contribution in [0.15, 0.2) is 69.6 Å². The summed E-state index contributed by atoms with van der Waals surface area (Å²) >= 11 is 7.89. The topological polar surface area (TPSA) is 36.9 Å². The van der Waals surface area contributed by atoms with Crippen LogP contribution in [-0.4, -0.2) is 26.4 Å². The molecule has 0 amide bonds. The van der Waals surface area contributed by atoms with Crippen LogP contribution in [0.3, 0.4) is 0 Å². The van der Waals surface area contributed by atoms with Gasteiger partial charge in [0, 0.05) is 8.95 Å². The zero-order valence-corrected chi connectivity index (χ0v) is 43.3. The molecule has 0 N–H and O–H groups in total. The predicted molar refractivity (Wildman–Crippen MR) is 273 cm³/mol. The number of hydrogen-bond acceptors (Lipinski definition) is 4. The number of fused-ring (bicyclic) bond motifs is 10. The molecule has 4 atom stereocenters. The molecular weight excluding hydrogens is 908 g/mol. The molecule has 0 heterocycles. The highest BCUT2D eigenvalue weighted by molar-refractivity contribution is 9.10. The van der Waals surface area contributed by atoms with Gasteiger partial charge in [-0.25, -0.2) is 0 Å². The highest BCUT2D eigenvalue weighted by Gasteiger charge is 2.53. The van der Waals surface area contributed by atoms with Gasteiger partial charge in [-0.3, -0.25) is 0 Å². The summed E-state index contributed by atoms with van der Waals surface area (Å²) in [6.07, 6.45) is 18.7. The molecule has 0 aliphatic heterocycles. The Kier molecular flexibility index (Phi) is 18.8. The van der Waals surface area contributed by atoms with E-state index in [1.807, 2.05) is 0 Å². The van der Waals surface area contributed by atoms with Crippen molar-refractivity contribution in [2.75, 3.05) is 26.4 Å². The van der Waals surface area contributed by atoms with E-state index in [0.29, 0.717) is 50.1 Å². The smallest absolute Gasteiger partial charge is 0.161 e. The third-order valence-electron chi connectivity index (χ3n) is 14.4. The number of benzene rings is 4. The fourth-order valence-electron chi connectivity index (χ4n) is 10.1. The van der Waals surface area contributed by atoms with E-state index in [4.69, 9.17) is 18.9 Å². The lowest BCUT2D eigenvalue weighted by molar-refractivity contribution is 0.199. The molecule has 63 heavy (non-hydrogen) atoms. The Balaban J connectivity index is 1.61. The summed E-state index contributed by atoms with van der Waals surface area (Å²) in [6.45, 7) is 21.0. The van der Waals surface area contributed by atoms with Crippen molar-refractivity contribution in [3.8, 4) is 45.3 Å². The van der Waals surface area contributed by atoms with Crippen molar-refractivity contribution < 1.29 is 18.9 Å². The minimum Gasteiger partial charge on any atom is -0.489 e. The molecule has 4 nitrogen and oxygen atoms in total. The normalized spacial score (nSPS) is 15.0. The first-order valence-electron chi connectivity index (χ1n) is 25.2. The molecule has 0 saturated heterocycles. The van der Waals surface area contributed by atoms with Gasteiger partial charge in [-0.2, -0.15) is 0 Å². The summed E-state index contributed by atoms with van der Waals surface area (Å²) in [5.74, 6) is 5.32. The van der Waals surface area contributed by atoms with Gasteiger partial charge in [0.15, 0.2) is 23.0 Å². The summed E-state index contributed by atoms with van der Waals surface area (Å²) in [5, 5.41) is 0. The van der Waals surface area contributed by atoms with Gasteiger partial charge >= 0.3 is 0 Å². The van der Waals surface area contributed by atoms with E-state index in [2.05, 4.69) is 148 Å². The maximum Gasteiger partial charge on any atom is 0.161 e. The van der Waals surface area contributed by atoms with Crippen LogP contribution < -0.4 is 18.9 Å². The average Bonchev–Trinajstić information content (AvgIpc) is 3.73. The summed E-state index contributed by atoms with van der Waals surface area (Å²) in [4.78, 5) is 0. The summed E-state index contributed by atoms with van der Waals surface area (Å²) in [5.41, 5.74) is 9.21. The number of unbranched alkanes of at least 4 members (excludes halogenated alkanes) is 4. The van der Waals surface area contributed by atoms with Crippen molar-refractivity contribution in [2.45, 2.75) is 164 Å². The molecule has 2 aliphatic rings. The second kappa shape index (κ2) is 24.0. The number of hydrogen-bond donors (Lipinski definition) is 0. The number of ether oxygens (including phenoxy) is 4. The summed E-state index contributed by atoms with van der Waals surface area (Å²) < 4.78 is 30.2. The lowest BCUT2D eigenvalue weighted by atomic mass is 9.70. The van der Waals surface area contributed by atoms with Crippen molar-refractivity contribution >= 4 is 31.9 Å². The van der Waals surface area contributed by atoms with E-state index >= 15 is 0 Å². The average molecular weight is 987 g/mol. The van der Waals surface area contributed by atoms with Crippen molar-refractivity contribution in [3.05, 3.63) is 91.9 Å². The van der Waals surface area contributed by atoms with Gasteiger partial charge in [-0.15, -0.1) is 0 Å². The zero-order chi connectivity index (χ0) is 44.9. The first-order chi connectivity index (χ1) is 30.7. The van der Waals surface area contributed by atoms with E-state index in [1.54, 1.807) is 0 Å². The Hall–Kier alpha value is -2.96. The molecule has 4 aromatic rings. The van der Waals surface area contributed by atoms with E-state index in [-0.39, 0.29) is 0 Å². The van der Waals surface area contributed by atoms with Crippen molar-refractivity contribution in [1.82, 2.24) is 0 Å². The lowest BCUT2D eigenvalue weighted by Gasteiger charge is -2.32. The van der Waals surface area contributed by atoms with E-state index < -0.39 is 5.41 Å². The first-order valence-corrected chi connectivity index (χ1v) is 26.8. The Morgan fingerprint density at radius 2 is 0.667 bits per heavy atom. The van der Waals surface area contributed by atoms with Gasteiger partial charge in [-0.1, -0.05) is 176 Å². The van der Waals surface area contributed by atoms with E-state index in [1.165, 1.54) is 122 Å². The predicted octanol–water partition coefficient (Wildman–Crippen LogP) is 17.9. The lowest BCUT2D eigenvalue weighted by Crippen LogP contribution is -2.26. The Morgan fingerprint density at radius 1 is 0.381 bits per heavy atom. The van der Waals surface area contributed by atoms with E-state index in [0.717, 1.165) is 57.6 Å². The van der Waals surface area contributed by atoms with Crippen LogP contribution in [0.4, 0.5) is 0 Å². The van der Waals surface area contributed by atoms with Gasteiger partial charge in [0.05, 0.1) is 31.8 Å².